The van der Waals surface area contributed by atoms with Crippen molar-refractivity contribution >= 4 is 58.3 Å². The molecule has 2 saturated heterocycles. The van der Waals surface area contributed by atoms with Crippen molar-refractivity contribution in [3.63, 3.8) is 0 Å². The second-order valence-corrected chi connectivity index (χ2v) is 5.98. The fourth-order valence-corrected chi connectivity index (χ4v) is 2.95. The Balaban J connectivity index is 2.32. The molecule has 0 bridgehead atoms. The number of carbonyl (C=O) groups excluding carboxylic acids is 4. The molecule has 2 aliphatic heterocycles. The summed E-state index contributed by atoms with van der Waals surface area (Å²) in [4.78, 5) is 48.7. The molecule has 0 unspecified atom stereocenters. The Bertz CT molecular complexity index is 519. The fourth-order valence-electron chi connectivity index (χ4n) is 2.55. The third-order valence-corrected chi connectivity index (χ3v) is 3.96. The molecule has 0 aromatic heterocycles. The quantitative estimate of drug-likeness (QED) is 0.373. The molecule has 2 rings (SSSR count). The second-order valence-electron chi connectivity index (χ2n) is 5.16. The topological polar surface area (TPSA) is 116 Å². The average molecular weight is 355 g/mol. The van der Waals surface area contributed by atoms with Crippen LogP contribution in [0.1, 0.15) is 26.2 Å². The van der Waals surface area contributed by atoms with Gasteiger partial charge in [0.05, 0.1) is 0 Å². The van der Waals surface area contributed by atoms with E-state index in [1.165, 1.54) is 0 Å². The number of carbonyl (C=O) groups is 4. The average Bonchev–Trinajstić information content (AvgIpc) is 2.41. The minimum Gasteiger partial charge on any atom is -0.302 e. The van der Waals surface area contributed by atoms with Crippen molar-refractivity contribution in [1.29, 1.82) is 0 Å². The van der Waals surface area contributed by atoms with Crippen LogP contribution < -0.4 is 21.3 Å². The first-order valence-corrected chi connectivity index (χ1v) is 7.83. The molecule has 10 heteroatoms. The molecule has 0 atom stereocenters. The van der Waals surface area contributed by atoms with E-state index < -0.39 is 35.5 Å². The minimum atomic E-state index is -1.25. The fraction of sp³-hybridized carbons (Fsp3) is 0.462. The third-order valence-electron chi connectivity index (χ3n) is 3.56. The Morgan fingerprint density at radius 3 is 1.48 bits per heavy atom. The van der Waals surface area contributed by atoms with Gasteiger partial charge in [-0.25, -0.2) is 0 Å². The van der Waals surface area contributed by atoms with E-state index >= 15 is 0 Å². The van der Waals surface area contributed by atoms with Gasteiger partial charge in [0, 0.05) is 5.92 Å². The minimum absolute atomic E-state index is 0.0928. The first-order valence-electron chi connectivity index (χ1n) is 7.02. The van der Waals surface area contributed by atoms with Crippen molar-refractivity contribution in [2.45, 2.75) is 26.2 Å². The summed E-state index contributed by atoms with van der Waals surface area (Å²) < 4.78 is 0. The number of thiocarbonyl (C=S) groups is 2. The molecule has 0 aliphatic carbocycles. The van der Waals surface area contributed by atoms with Crippen molar-refractivity contribution in [3.8, 4) is 0 Å². The lowest BCUT2D eigenvalue weighted by Gasteiger charge is -2.34. The summed E-state index contributed by atoms with van der Waals surface area (Å²) in [7, 11) is 0. The van der Waals surface area contributed by atoms with E-state index in [9.17, 15) is 19.2 Å². The van der Waals surface area contributed by atoms with Gasteiger partial charge in [0.25, 0.3) is 0 Å². The number of hydrogen-bond donors (Lipinski definition) is 4. The van der Waals surface area contributed by atoms with Crippen molar-refractivity contribution in [1.82, 2.24) is 21.3 Å². The molecular weight excluding hydrogens is 340 g/mol. The Kier molecular flexibility index (Phi) is 5.37. The van der Waals surface area contributed by atoms with Crippen molar-refractivity contribution in [2.75, 3.05) is 0 Å². The third kappa shape index (κ3) is 3.70. The maximum Gasteiger partial charge on any atom is 0.239 e. The highest BCUT2D eigenvalue weighted by atomic mass is 32.1. The molecule has 0 spiro atoms. The smallest absolute Gasteiger partial charge is 0.239 e. The Labute approximate surface area is 143 Å². The molecule has 4 N–H and O–H groups in total. The van der Waals surface area contributed by atoms with Gasteiger partial charge < -0.3 is 21.3 Å². The highest BCUT2D eigenvalue weighted by Gasteiger charge is 2.49. The standard InChI is InChI=1S/C13H15N4O4S2/c1-2-3-4-5(6-8(18)14-12(22)15-9(6)19)7-10(20)16-13(23)17-11(7)21/h6-7H,2-4H2,1H3,(H2,14,15,18,19,22)(H2,16,17,20,21,23). The zero-order chi connectivity index (χ0) is 17.1. The lowest BCUT2D eigenvalue weighted by molar-refractivity contribution is -0.137. The predicted octanol–water partition coefficient (Wildman–Crippen LogP) is -0.955. The van der Waals surface area contributed by atoms with Crippen LogP contribution in [0, 0.1) is 17.8 Å². The van der Waals surface area contributed by atoms with Gasteiger partial charge in [-0.1, -0.05) is 19.8 Å². The number of rotatable bonds is 5. The van der Waals surface area contributed by atoms with Gasteiger partial charge in [-0.05, 0) is 30.9 Å². The summed E-state index contributed by atoms with van der Waals surface area (Å²) in [5, 5.41) is 9.19. The highest BCUT2D eigenvalue weighted by Crippen LogP contribution is 2.32. The first kappa shape index (κ1) is 17.4. The molecule has 4 amide bonds. The lowest BCUT2D eigenvalue weighted by atomic mass is 9.75. The van der Waals surface area contributed by atoms with Crippen LogP contribution in [0.4, 0.5) is 0 Å². The van der Waals surface area contributed by atoms with Crippen LogP contribution in [0.25, 0.3) is 0 Å². The van der Waals surface area contributed by atoms with Crippen molar-refractivity contribution in [2.24, 2.45) is 11.8 Å². The molecule has 2 fully saturated rings. The van der Waals surface area contributed by atoms with E-state index in [-0.39, 0.29) is 22.6 Å². The predicted molar refractivity (Wildman–Crippen MR) is 87.5 cm³/mol. The molecule has 123 valence electrons. The van der Waals surface area contributed by atoms with Gasteiger partial charge in [-0.2, -0.15) is 0 Å². The summed E-state index contributed by atoms with van der Waals surface area (Å²) in [5.74, 6) is -4.82. The monoisotopic (exact) mass is 355 g/mol. The Morgan fingerprint density at radius 1 is 0.826 bits per heavy atom. The van der Waals surface area contributed by atoms with E-state index in [1.807, 2.05) is 6.92 Å². The molecule has 1 radical (unpaired) electrons. The molecule has 2 heterocycles. The first-order chi connectivity index (χ1) is 10.8. The van der Waals surface area contributed by atoms with Crippen LogP contribution >= 0.6 is 24.4 Å². The van der Waals surface area contributed by atoms with E-state index in [4.69, 9.17) is 24.4 Å². The summed E-state index contributed by atoms with van der Waals surface area (Å²) in [5.41, 5.74) is 0. The maximum atomic E-state index is 12.2. The normalized spacial score (nSPS) is 20.3. The van der Waals surface area contributed by atoms with Crippen LogP contribution in [0.15, 0.2) is 0 Å². The Hall–Kier alpha value is -1.94. The summed E-state index contributed by atoms with van der Waals surface area (Å²) in [6.45, 7) is 1.92. The molecule has 0 saturated carbocycles. The zero-order valence-electron chi connectivity index (χ0n) is 12.2. The van der Waals surface area contributed by atoms with Crippen molar-refractivity contribution < 1.29 is 19.2 Å². The van der Waals surface area contributed by atoms with E-state index in [1.54, 1.807) is 0 Å². The van der Waals surface area contributed by atoms with E-state index in [0.29, 0.717) is 6.42 Å². The van der Waals surface area contributed by atoms with Crippen LogP contribution in [-0.2, 0) is 19.2 Å². The summed E-state index contributed by atoms with van der Waals surface area (Å²) in [6.07, 6.45) is 1.68. The van der Waals surface area contributed by atoms with E-state index in [2.05, 4.69) is 21.3 Å². The van der Waals surface area contributed by atoms with Gasteiger partial charge >= 0.3 is 0 Å². The maximum absolute atomic E-state index is 12.2. The van der Waals surface area contributed by atoms with Gasteiger partial charge in [0.2, 0.25) is 23.6 Å². The number of hydrogen-bond acceptors (Lipinski definition) is 6. The zero-order valence-corrected chi connectivity index (χ0v) is 13.9. The largest absolute Gasteiger partial charge is 0.302 e. The second kappa shape index (κ2) is 7.09. The summed E-state index contributed by atoms with van der Waals surface area (Å²) in [6, 6.07) is 0. The number of amides is 4. The highest BCUT2D eigenvalue weighted by molar-refractivity contribution is 7.80. The molecule has 23 heavy (non-hydrogen) atoms. The van der Waals surface area contributed by atoms with Crippen LogP contribution in [0.5, 0.6) is 0 Å². The SMILES string of the molecule is CCCC[C](C1C(=O)NC(=S)NC1=O)C1C(=O)NC(=S)NC1=O. The molecule has 2 aliphatic rings. The Morgan fingerprint density at radius 2 is 1.17 bits per heavy atom. The van der Waals surface area contributed by atoms with Gasteiger partial charge in [-0.3, -0.25) is 19.2 Å². The van der Waals surface area contributed by atoms with Gasteiger partial charge in [0.1, 0.15) is 11.8 Å². The van der Waals surface area contributed by atoms with Crippen LogP contribution in [-0.4, -0.2) is 33.9 Å². The molecule has 8 nitrogen and oxygen atoms in total. The van der Waals surface area contributed by atoms with E-state index in [0.717, 1.165) is 6.42 Å². The van der Waals surface area contributed by atoms with Crippen molar-refractivity contribution in [3.05, 3.63) is 5.92 Å². The molecule has 0 aromatic carbocycles. The van der Waals surface area contributed by atoms with Gasteiger partial charge in [-0.15, -0.1) is 0 Å². The lowest BCUT2D eigenvalue weighted by Crippen LogP contribution is -2.62. The molecular formula is C13H15N4O4S2. The van der Waals surface area contributed by atoms with Gasteiger partial charge in [0.15, 0.2) is 10.2 Å². The summed E-state index contributed by atoms with van der Waals surface area (Å²) >= 11 is 9.51. The van der Waals surface area contributed by atoms with Crippen LogP contribution in [0.2, 0.25) is 0 Å². The number of nitrogens with one attached hydrogen (secondary N) is 4. The van der Waals surface area contributed by atoms with Crippen LogP contribution in [0.3, 0.4) is 0 Å². The number of unbranched alkanes of at least 4 members (excludes halogenated alkanes) is 1. The molecule has 0 aromatic rings.